The zero-order valence-corrected chi connectivity index (χ0v) is 17.6. The topological polar surface area (TPSA) is 86.5 Å². The number of anilines is 1. The van der Waals surface area contributed by atoms with E-state index in [1.54, 1.807) is 29.2 Å². The maximum Gasteiger partial charge on any atom is 0.266 e. The lowest BCUT2D eigenvalue weighted by Gasteiger charge is -2.34. The molecular formula is C21H18BrFN4O3. The van der Waals surface area contributed by atoms with Gasteiger partial charge in [-0.1, -0.05) is 22.0 Å². The van der Waals surface area contributed by atoms with Crippen molar-refractivity contribution in [3.63, 3.8) is 0 Å². The van der Waals surface area contributed by atoms with Gasteiger partial charge in [0.15, 0.2) is 5.76 Å². The molecule has 4 rings (SSSR count). The maximum atomic E-state index is 13.9. The first-order valence-corrected chi connectivity index (χ1v) is 10.3. The van der Waals surface area contributed by atoms with E-state index in [0.29, 0.717) is 54.3 Å². The van der Waals surface area contributed by atoms with Gasteiger partial charge in [0.05, 0.1) is 6.26 Å². The Balaban J connectivity index is 1.36. The summed E-state index contributed by atoms with van der Waals surface area (Å²) in [7, 11) is 0. The molecule has 0 bridgehead atoms. The van der Waals surface area contributed by atoms with E-state index < -0.39 is 0 Å². The van der Waals surface area contributed by atoms with Gasteiger partial charge in [0.1, 0.15) is 11.9 Å². The van der Waals surface area contributed by atoms with Gasteiger partial charge in [-0.3, -0.25) is 4.79 Å². The lowest BCUT2D eigenvalue weighted by Crippen LogP contribution is -2.49. The van der Waals surface area contributed by atoms with Crippen molar-refractivity contribution in [2.45, 2.75) is 12.8 Å². The summed E-state index contributed by atoms with van der Waals surface area (Å²) in [4.78, 5) is 20.4. The van der Waals surface area contributed by atoms with Crippen molar-refractivity contribution < 1.29 is 18.0 Å². The second kappa shape index (κ2) is 8.71. The molecule has 0 spiro atoms. The highest BCUT2D eigenvalue weighted by Crippen LogP contribution is 2.29. The summed E-state index contributed by atoms with van der Waals surface area (Å²) in [5, 5.41) is 9.39. The Hall–Kier alpha value is -3.12. The number of nitriles is 1. The first kappa shape index (κ1) is 20.2. The van der Waals surface area contributed by atoms with E-state index in [9.17, 15) is 14.4 Å². The Morgan fingerprint density at radius 3 is 2.73 bits per heavy atom. The van der Waals surface area contributed by atoms with Crippen LogP contribution < -0.4 is 4.90 Å². The summed E-state index contributed by atoms with van der Waals surface area (Å²) in [6, 6.07) is 10.3. The second-order valence-electron chi connectivity index (χ2n) is 6.87. The molecule has 30 heavy (non-hydrogen) atoms. The molecule has 1 saturated heterocycles. The molecule has 7 nitrogen and oxygen atoms in total. The average Bonchev–Trinajstić information content (AvgIpc) is 3.42. The number of benzene rings is 1. The molecule has 0 saturated carbocycles. The van der Waals surface area contributed by atoms with Crippen LogP contribution in [0, 0.1) is 17.1 Å². The van der Waals surface area contributed by atoms with E-state index in [-0.39, 0.29) is 29.7 Å². The van der Waals surface area contributed by atoms with Gasteiger partial charge < -0.3 is 18.6 Å². The molecule has 2 aromatic heterocycles. The summed E-state index contributed by atoms with van der Waals surface area (Å²) in [5.74, 6) is 0.747. The van der Waals surface area contributed by atoms with Crippen molar-refractivity contribution in [1.29, 1.82) is 5.26 Å². The van der Waals surface area contributed by atoms with Crippen molar-refractivity contribution >= 4 is 27.7 Å². The van der Waals surface area contributed by atoms with Crippen LogP contribution >= 0.6 is 15.9 Å². The Morgan fingerprint density at radius 2 is 2.07 bits per heavy atom. The number of rotatable bonds is 5. The minimum Gasteiger partial charge on any atom is -0.459 e. The van der Waals surface area contributed by atoms with E-state index in [2.05, 4.69) is 20.9 Å². The number of carbonyl (C=O) groups is 1. The van der Waals surface area contributed by atoms with Crippen molar-refractivity contribution in [1.82, 2.24) is 9.88 Å². The van der Waals surface area contributed by atoms with E-state index in [4.69, 9.17) is 8.83 Å². The predicted octanol–water partition coefficient (Wildman–Crippen LogP) is 3.99. The zero-order chi connectivity index (χ0) is 21.1. The van der Waals surface area contributed by atoms with Gasteiger partial charge in [0.25, 0.3) is 5.89 Å². The molecule has 0 radical (unpaired) electrons. The third-order valence-corrected chi connectivity index (χ3v) is 5.48. The number of nitrogens with zero attached hydrogens (tertiary/aromatic N) is 4. The van der Waals surface area contributed by atoms with E-state index in [1.807, 2.05) is 11.0 Å². The number of aryl methyl sites for hydroxylation is 1. The van der Waals surface area contributed by atoms with Crippen LogP contribution in [0.25, 0.3) is 11.7 Å². The first-order valence-electron chi connectivity index (χ1n) is 9.46. The Bertz CT molecular complexity index is 1080. The lowest BCUT2D eigenvalue weighted by atomic mass is 10.1. The molecule has 1 aromatic carbocycles. The normalized spacial score (nSPS) is 14.0. The fourth-order valence-corrected chi connectivity index (χ4v) is 3.72. The fourth-order valence-electron chi connectivity index (χ4n) is 3.39. The molecule has 3 aromatic rings. The monoisotopic (exact) mass is 472 g/mol. The highest BCUT2D eigenvalue weighted by Gasteiger charge is 2.27. The van der Waals surface area contributed by atoms with E-state index >= 15 is 0 Å². The van der Waals surface area contributed by atoms with Gasteiger partial charge in [0, 0.05) is 37.1 Å². The molecule has 1 amide bonds. The van der Waals surface area contributed by atoms with Crippen molar-refractivity contribution in [3.8, 4) is 17.7 Å². The predicted molar refractivity (Wildman–Crippen MR) is 110 cm³/mol. The molecular weight excluding hydrogens is 455 g/mol. The average molecular weight is 473 g/mol. The van der Waals surface area contributed by atoms with E-state index in [1.165, 1.54) is 12.3 Å². The Morgan fingerprint density at radius 1 is 1.27 bits per heavy atom. The van der Waals surface area contributed by atoms with E-state index in [0.717, 1.165) is 0 Å². The van der Waals surface area contributed by atoms with Gasteiger partial charge in [-0.2, -0.15) is 10.2 Å². The SMILES string of the molecule is N#Cc1nc(-c2ccco2)oc1N1CCN(C(=O)CCc2ccc(Br)cc2F)CC1. The molecule has 154 valence electrons. The van der Waals surface area contributed by atoms with Crippen LogP contribution in [0.3, 0.4) is 0 Å². The highest BCUT2D eigenvalue weighted by atomic mass is 79.9. The molecule has 0 unspecified atom stereocenters. The van der Waals surface area contributed by atoms with Crippen LogP contribution in [0.15, 0.2) is 49.9 Å². The smallest absolute Gasteiger partial charge is 0.266 e. The van der Waals surface area contributed by atoms with Gasteiger partial charge in [-0.15, -0.1) is 0 Å². The van der Waals surface area contributed by atoms with Crippen molar-refractivity contribution in [2.24, 2.45) is 0 Å². The summed E-state index contributed by atoms with van der Waals surface area (Å²) in [6.07, 6.45) is 2.11. The minimum atomic E-state index is -0.316. The second-order valence-corrected chi connectivity index (χ2v) is 7.78. The van der Waals surface area contributed by atoms with Crippen LogP contribution in [0.1, 0.15) is 17.7 Å². The third-order valence-electron chi connectivity index (χ3n) is 4.99. The number of furan rings is 1. The summed E-state index contributed by atoms with van der Waals surface area (Å²) < 4.78 is 25.7. The standard InChI is InChI=1S/C21H18BrFN4O3/c22-15-5-3-14(16(23)12-15)4-6-19(28)26-7-9-27(10-8-26)21-17(13-24)25-20(30-21)18-2-1-11-29-18/h1-3,5,11-12H,4,6-10H2. The Labute approximate surface area is 180 Å². The van der Waals surface area contributed by atoms with Crippen LogP contribution in [0.2, 0.25) is 0 Å². The number of aromatic nitrogens is 1. The largest absolute Gasteiger partial charge is 0.459 e. The number of carbonyl (C=O) groups excluding carboxylic acids is 1. The van der Waals surface area contributed by atoms with Gasteiger partial charge in [0.2, 0.25) is 17.5 Å². The lowest BCUT2D eigenvalue weighted by molar-refractivity contribution is -0.131. The number of halogens is 2. The van der Waals surface area contributed by atoms with Crippen LogP contribution in [-0.2, 0) is 11.2 Å². The molecule has 1 aliphatic heterocycles. The summed E-state index contributed by atoms with van der Waals surface area (Å²) >= 11 is 3.23. The van der Waals surface area contributed by atoms with Crippen LogP contribution in [0.4, 0.5) is 10.3 Å². The van der Waals surface area contributed by atoms with Crippen molar-refractivity contribution in [3.05, 3.63) is 58.1 Å². The first-order chi connectivity index (χ1) is 14.5. The molecule has 0 aliphatic carbocycles. The quantitative estimate of drug-likeness (QED) is 0.557. The fraction of sp³-hybridized carbons (Fsp3) is 0.286. The Kier molecular flexibility index (Phi) is 5.86. The number of hydrogen-bond donors (Lipinski definition) is 0. The summed E-state index contributed by atoms with van der Waals surface area (Å²) in [5.41, 5.74) is 0.711. The number of hydrogen-bond acceptors (Lipinski definition) is 6. The van der Waals surface area contributed by atoms with Crippen LogP contribution in [-0.4, -0.2) is 42.0 Å². The molecule has 1 fully saturated rings. The number of piperazine rings is 1. The number of oxazole rings is 1. The van der Waals surface area contributed by atoms with Crippen LogP contribution in [0.5, 0.6) is 0 Å². The molecule has 9 heteroatoms. The minimum absolute atomic E-state index is 0.0219. The molecule has 1 aliphatic rings. The van der Waals surface area contributed by atoms with Gasteiger partial charge >= 0.3 is 0 Å². The van der Waals surface area contributed by atoms with Gasteiger partial charge in [-0.25, -0.2) is 4.39 Å². The highest BCUT2D eigenvalue weighted by molar-refractivity contribution is 9.10. The molecule has 3 heterocycles. The number of amides is 1. The van der Waals surface area contributed by atoms with Gasteiger partial charge in [-0.05, 0) is 36.2 Å². The molecule has 0 atom stereocenters. The maximum absolute atomic E-state index is 13.9. The third kappa shape index (κ3) is 4.24. The zero-order valence-electron chi connectivity index (χ0n) is 16.0. The van der Waals surface area contributed by atoms with Crippen molar-refractivity contribution in [2.75, 3.05) is 31.1 Å². The molecule has 0 N–H and O–H groups in total. The summed E-state index contributed by atoms with van der Waals surface area (Å²) in [6.45, 7) is 2.01.